The van der Waals surface area contributed by atoms with Crippen LogP contribution in [0.15, 0.2) is 59.1 Å². The second-order valence-corrected chi connectivity index (χ2v) is 7.01. The van der Waals surface area contributed by atoms with Crippen LogP contribution >= 0.6 is 11.6 Å². The number of carbonyl (C=O) groups excluding carboxylic acids is 2. The number of amides is 2. The molecule has 1 saturated heterocycles. The summed E-state index contributed by atoms with van der Waals surface area (Å²) in [6.07, 6.45) is -0.899. The predicted octanol–water partition coefficient (Wildman–Crippen LogP) is 4.06. The van der Waals surface area contributed by atoms with Crippen molar-refractivity contribution in [2.45, 2.75) is 13.0 Å². The number of benzene rings is 2. The zero-order valence-electron chi connectivity index (χ0n) is 15.6. The summed E-state index contributed by atoms with van der Waals surface area (Å²) in [5.41, 5.74) is 2.04. The number of aromatic nitrogens is 1. The molecule has 1 atom stereocenters. The van der Waals surface area contributed by atoms with Gasteiger partial charge in [0, 0.05) is 11.3 Å². The van der Waals surface area contributed by atoms with Gasteiger partial charge in [0.25, 0.3) is 5.91 Å². The van der Waals surface area contributed by atoms with Crippen molar-refractivity contribution < 1.29 is 18.8 Å². The standard InChI is InChI=1S/C21H18ClN3O4/c1-13-18(19(24-29-13)16-9-5-6-10-17(16)22)20(26)23-11-15-12-25(21(27)28-15)14-7-3-2-4-8-14/h2-10,15H,11-12H2,1H3,(H,23,26). The molecule has 8 heteroatoms. The van der Waals surface area contributed by atoms with Crippen LogP contribution in [0.25, 0.3) is 11.3 Å². The highest BCUT2D eigenvalue weighted by molar-refractivity contribution is 6.33. The normalized spacial score (nSPS) is 16.0. The van der Waals surface area contributed by atoms with Crippen molar-refractivity contribution >= 4 is 29.3 Å². The average Bonchev–Trinajstić information content (AvgIpc) is 3.29. The molecule has 0 saturated carbocycles. The first kappa shape index (κ1) is 19.0. The number of para-hydroxylation sites is 1. The van der Waals surface area contributed by atoms with E-state index in [4.69, 9.17) is 20.9 Å². The summed E-state index contributed by atoms with van der Waals surface area (Å²) in [4.78, 5) is 26.5. The van der Waals surface area contributed by atoms with Gasteiger partial charge in [-0.15, -0.1) is 0 Å². The average molecular weight is 412 g/mol. The molecule has 1 fully saturated rings. The number of hydrogen-bond acceptors (Lipinski definition) is 5. The van der Waals surface area contributed by atoms with E-state index in [1.54, 1.807) is 25.1 Å². The fourth-order valence-corrected chi connectivity index (χ4v) is 3.44. The van der Waals surface area contributed by atoms with E-state index >= 15 is 0 Å². The minimum atomic E-state index is -0.462. The lowest BCUT2D eigenvalue weighted by molar-refractivity contribution is 0.0915. The van der Waals surface area contributed by atoms with E-state index in [1.165, 1.54) is 4.90 Å². The number of halogens is 1. The molecule has 2 amide bonds. The van der Waals surface area contributed by atoms with Crippen LogP contribution in [0.5, 0.6) is 0 Å². The Labute approximate surface area is 172 Å². The van der Waals surface area contributed by atoms with Gasteiger partial charge < -0.3 is 14.6 Å². The summed E-state index contributed by atoms with van der Waals surface area (Å²) in [6.45, 7) is 2.18. The smallest absolute Gasteiger partial charge is 0.414 e. The first-order valence-corrected chi connectivity index (χ1v) is 9.45. The maximum absolute atomic E-state index is 12.8. The maximum Gasteiger partial charge on any atom is 0.414 e. The number of nitrogens with zero attached hydrogens (tertiary/aromatic N) is 2. The van der Waals surface area contributed by atoms with Crippen molar-refractivity contribution in [3.05, 3.63) is 70.9 Å². The van der Waals surface area contributed by atoms with Crippen LogP contribution in [-0.4, -0.2) is 36.4 Å². The van der Waals surface area contributed by atoms with Crippen LogP contribution < -0.4 is 10.2 Å². The van der Waals surface area contributed by atoms with E-state index < -0.39 is 12.2 Å². The lowest BCUT2D eigenvalue weighted by Crippen LogP contribution is -2.35. The summed E-state index contributed by atoms with van der Waals surface area (Å²) < 4.78 is 10.6. The van der Waals surface area contributed by atoms with Gasteiger partial charge in [0.05, 0.1) is 18.1 Å². The Hall–Kier alpha value is -3.32. The zero-order chi connectivity index (χ0) is 20.4. The molecular formula is C21H18ClN3O4. The number of cyclic esters (lactones) is 1. The Bertz CT molecular complexity index is 1050. The highest BCUT2D eigenvalue weighted by atomic mass is 35.5. The van der Waals surface area contributed by atoms with Crippen LogP contribution in [0.2, 0.25) is 5.02 Å². The number of anilines is 1. The number of ether oxygens (including phenoxy) is 1. The quantitative estimate of drug-likeness (QED) is 0.684. The number of hydrogen-bond donors (Lipinski definition) is 1. The predicted molar refractivity (Wildman–Crippen MR) is 108 cm³/mol. The fraction of sp³-hybridized carbons (Fsp3) is 0.190. The first-order valence-electron chi connectivity index (χ1n) is 9.07. The van der Waals surface area contributed by atoms with Crippen molar-refractivity contribution in [1.29, 1.82) is 0 Å². The van der Waals surface area contributed by atoms with Gasteiger partial charge in [-0.05, 0) is 25.1 Å². The molecule has 0 radical (unpaired) electrons. The van der Waals surface area contributed by atoms with Crippen LogP contribution in [0.3, 0.4) is 0 Å². The molecule has 0 bridgehead atoms. The molecule has 3 aromatic rings. The third kappa shape index (κ3) is 3.82. The molecule has 1 aliphatic rings. The maximum atomic E-state index is 12.8. The molecule has 148 valence electrons. The van der Waals surface area contributed by atoms with Gasteiger partial charge in [0.2, 0.25) is 0 Å². The van der Waals surface area contributed by atoms with Gasteiger partial charge in [-0.1, -0.05) is 53.2 Å². The minimum absolute atomic E-state index is 0.167. The summed E-state index contributed by atoms with van der Waals surface area (Å²) in [5.74, 6) is 0.0135. The van der Waals surface area contributed by atoms with Crippen molar-refractivity contribution in [1.82, 2.24) is 10.5 Å². The highest BCUT2D eigenvalue weighted by Gasteiger charge is 2.33. The number of nitrogens with one attached hydrogen (secondary N) is 1. The van der Waals surface area contributed by atoms with E-state index in [2.05, 4.69) is 10.5 Å². The van der Waals surface area contributed by atoms with E-state index in [1.807, 2.05) is 36.4 Å². The molecule has 1 unspecified atom stereocenters. The molecule has 1 aliphatic heterocycles. The van der Waals surface area contributed by atoms with E-state index in [0.717, 1.165) is 5.69 Å². The van der Waals surface area contributed by atoms with Crippen LogP contribution in [0.4, 0.5) is 10.5 Å². The van der Waals surface area contributed by atoms with Crippen molar-refractivity contribution in [3.8, 4) is 11.3 Å². The number of carbonyl (C=O) groups is 2. The van der Waals surface area contributed by atoms with Gasteiger partial charge in [-0.2, -0.15) is 0 Å². The minimum Gasteiger partial charge on any atom is -0.442 e. The van der Waals surface area contributed by atoms with Gasteiger partial charge in [0.15, 0.2) is 0 Å². The highest BCUT2D eigenvalue weighted by Crippen LogP contribution is 2.31. The molecule has 7 nitrogen and oxygen atoms in total. The Kier molecular flexibility index (Phi) is 5.22. The SMILES string of the molecule is Cc1onc(-c2ccccc2Cl)c1C(=O)NCC1CN(c2ccccc2)C(=O)O1. The molecule has 0 aliphatic carbocycles. The molecule has 0 spiro atoms. The Morgan fingerprint density at radius 3 is 2.69 bits per heavy atom. The molecule has 2 heterocycles. The lowest BCUT2D eigenvalue weighted by atomic mass is 10.1. The Balaban J connectivity index is 1.46. The van der Waals surface area contributed by atoms with Crippen molar-refractivity contribution in [2.75, 3.05) is 18.0 Å². The first-order chi connectivity index (χ1) is 14.0. The van der Waals surface area contributed by atoms with Gasteiger partial charge in [-0.25, -0.2) is 4.79 Å². The Morgan fingerprint density at radius 2 is 1.93 bits per heavy atom. The van der Waals surface area contributed by atoms with Gasteiger partial charge in [-0.3, -0.25) is 9.69 Å². The van der Waals surface area contributed by atoms with Crippen LogP contribution in [0.1, 0.15) is 16.1 Å². The largest absolute Gasteiger partial charge is 0.442 e. The Morgan fingerprint density at radius 1 is 1.21 bits per heavy atom. The van der Waals surface area contributed by atoms with E-state index in [-0.39, 0.29) is 12.5 Å². The second kappa shape index (κ2) is 7.97. The summed E-state index contributed by atoms with van der Waals surface area (Å²) in [5, 5.41) is 7.27. The third-order valence-electron chi connectivity index (χ3n) is 4.65. The molecule has 2 aromatic carbocycles. The topological polar surface area (TPSA) is 84.7 Å². The van der Waals surface area contributed by atoms with Crippen LogP contribution in [0, 0.1) is 6.92 Å². The van der Waals surface area contributed by atoms with Gasteiger partial charge in [0.1, 0.15) is 23.1 Å². The molecule has 29 heavy (non-hydrogen) atoms. The van der Waals surface area contributed by atoms with Crippen LogP contribution in [-0.2, 0) is 4.74 Å². The molecule has 1 aromatic heterocycles. The fourth-order valence-electron chi connectivity index (χ4n) is 3.22. The van der Waals surface area contributed by atoms with E-state index in [0.29, 0.717) is 34.1 Å². The second-order valence-electron chi connectivity index (χ2n) is 6.60. The number of rotatable bonds is 5. The summed E-state index contributed by atoms with van der Waals surface area (Å²) >= 11 is 6.24. The molecule has 1 N–H and O–H groups in total. The van der Waals surface area contributed by atoms with Gasteiger partial charge >= 0.3 is 6.09 Å². The summed E-state index contributed by atoms with van der Waals surface area (Å²) in [6, 6.07) is 16.3. The monoisotopic (exact) mass is 411 g/mol. The van der Waals surface area contributed by atoms with E-state index in [9.17, 15) is 9.59 Å². The molecule has 4 rings (SSSR count). The lowest BCUT2D eigenvalue weighted by Gasteiger charge is -2.13. The number of aryl methyl sites for hydroxylation is 1. The molecular weight excluding hydrogens is 394 g/mol. The third-order valence-corrected chi connectivity index (χ3v) is 4.98. The van der Waals surface area contributed by atoms with Crippen molar-refractivity contribution in [2.24, 2.45) is 0 Å². The van der Waals surface area contributed by atoms with Crippen molar-refractivity contribution in [3.63, 3.8) is 0 Å². The summed E-state index contributed by atoms with van der Waals surface area (Å²) in [7, 11) is 0. The zero-order valence-corrected chi connectivity index (χ0v) is 16.3.